The third-order valence-corrected chi connectivity index (χ3v) is 6.05. The highest BCUT2D eigenvalue weighted by Crippen LogP contribution is 2.52. The first-order chi connectivity index (χ1) is 14.0. The number of nitrogens with zero attached hydrogens (tertiary/aromatic N) is 6. The molecule has 0 bridgehead atoms. The fraction of sp³-hybridized carbons (Fsp3) is 0.389. The summed E-state index contributed by atoms with van der Waals surface area (Å²) < 4.78 is 43.8. The molecule has 0 radical (unpaired) electrons. The summed E-state index contributed by atoms with van der Waals surface area (Å²) in [5, 5.41) is 8.57. The lowest BCUT2D eigenvalue weighted by Crippen LogP contribution is -2.26. The summed E-state index contributed by atoms with van der Waals surface area (Å²) in [5.41, 5.74) is 1.41. The van der Waals surface area contributed by atoms with Gasteiger partial charge in [0.2, 0.25) is 5.88 Å². The Morgan fingerprint density at radius 2 is 1.97 bits per heavy atom. The summed E-state index contributed by atoms with van der Waals surface area (Å²) in [6.07, 6.45) is -1.08. The number of aromatic nitrogens is 5. The van der Waals surface area contributed by atoms with Gasteiger partial charge in [0.1, 0.15) is 22.7 Å². The first-order valence-corrected chi connectivity index (χ1v) is 9.87. The van der Waals surface area contributed by atoms with Gasteiger partial charge in [-0.15, -0.1) is 10.2 Å². The van der Waals surface area contributed by atoms with Crippen LogP contribution in [0.2, 0.25) is 0 Å². The van der Waals surface area contributed by atoms with Gasteiger partial charge in [-0.25, -0.2) is 9.97 Å². The molecule has 1 unspecified atom stereocenters. The van der Waals surface area contributed by atoms with Crippen LogP contribution in [0.3, 0.4) is 0 Å². The Morgan fingerprint density at radius 1 is 1.14 bits per heavy atom. The van der Waals surface area contributed by atoms with Crippen LogP contribution in [0.25, 0.3) is 10.7 Å². The van der Waals surface area contributed by atoms with Crippen molar-refractivity contribution in [2.45, 2.75) is 6.18 Å². The van der Waals surface area contributed by atoms with E-state index in [4.69, 9.17) is 4.74 Å². The molecular formula is C18H15F3N6OS. The molecule has 2 fully saturated rings. The van der Waals surface area contributed by atoms with Crippen LogP contribution in [0.5, 0.6) is 5.88 Å². The number of piperidine rings is 1. The number of rotatable bonds is 5. The quantitative estimate of drug-likeness (QED) is 0.627. The lowest BCUT2D eigenvalue weighted by molar-refractivity contribution is -0.141. The molecule has 11 heteroatoms. The van der Waals surface area contributed by atoms with E-state index in [0.29, 0.717) is 30.1 Å². The topological polar surface area (TPSA) is 76.9 Å². The number of fused-ring (bicyclic) bond motifs is 1. The van der Waals surface area contributed by atoms with Crippen molar-refractivity contribution in [2.24, 2.45) is 17.8 Å². The Hall–Kier alpha value is -2.82. The van der Waals surface area contributed by atoms with Gasteiger partial charge in [0, 0.05) is 25.1 Å². The van der Waals surface area contributed by atoms with Gasteiger partial charge in [-0.2, -0.15) is 13.2 Å². The Kier molecular flexibility index (Phi) is 4.34. The fourth-order valence-corrected chi connectivity index (χ4v) is 4.32. The van der Waals surface area contributed by atoms with E-state index < -0.39 is 11.9 Å². The molecular weight excluding hydrogens is 405 g/mol. The molecule has 5 rings (SSSR count). The smallest absolute Gasteiger partial charge is 0.433 e. The maximum absolute atomic E-state index is 12.7. The fourth-order valence-electron chi connectivity index (χ4n) is 3.81. The van der Waals surface area contributed by atoms with Crippen LogP contribution in [0.1, 0.15) is 5.69 Å². The monoisotopic (exact) mass is 420 g/mol. The SMILES string of the molecule is FC(F)(F)c1cccc(OCC2[C@H]3CN(c4cncc(-c5nncs5)n4)C[C@@H]23)n1. The van der Waals surface area contributed by atoms with Crippen molar-refractivity contribution < 1.29 is 17.9 Å². The average molecular weight is 420 g/mol. The molecule has 1 aliphatic heterocycles. The lowest BCUT2D eigenvalue weighted by atomic mass is 10.3. The largest absolute Gasteiger partial charge is 0.477 e. The molecule has 0 N–H and O–H groups in total. The second-order valence-electron chi connectivity index (χ2n) is 7.07. The second kappa shape index (κ2) is 6.90. The van der Waals surface area contributed by atoms with Gasteiger partial charge in [0.25, 0.3) is 0 Å². The van der Waals surface area contributed by atoms with Gasteiger partial charge in [-0.3, -0.25) is 4.98 Å². The van der Waals surface area contributed by atoms with Gasteiger partial charge in [-0.05, 0) is 17.9 Å². The molecule has 0 aromatic carbocycles. The third-order valence-electron chi connectivity index (χ3n) is 5.33. The number of hydrogen-bond acceptors (Lipinski definition) is 8. The van der Waals surface area contributed by atoms with Crippen molar-refractivity contribution in [2.75, 3.05) is 24.6 Å². The van der Waals surface area contributed by atoms with Crippen LogP contribution < -0.4 is 9.64 Å². The molecule has 1 saturated heterocycles. The molecule has 0 amide bonds. The molecule has 3 aromatic rings. The van der Waals surface area contributed by atoms with E-state index >= 15 is 0 Å². The Balaban J connectivity index is 1.18. The highest BCUT2D eigenvalue weighted by molar-refractivity contribution is 7.12. The van der Waals surface area contributed by atoms with E-state index in [-0.39, 0.29) is 5.88 Å². The van der Waals surface area contributed by atoms with E-state index in [9.17, 15) is 13.2 Å². The summed E-state index contributed by atoms with van der Waals surface area (Å²) in [6, 6.07) is 3.70. The minimum absolute atomic E-state index is 0.0114. The summed E-state index contributed by atoms with van der Waals surface area (Å²) in [4.78, 5) is 14.6. The standard InChI is InChI=1S/C18H15F3N6OS/c19-18(20,21)14-2-1-3-16(25-14)28-8-12-10-6-27(7-11(10)12)15-5-22-4-13(24-15)17-26-23-9-29-17/h1-5,9-12H,6-8H2/t10-,11+,12?. The molecule has 3 aromatic heterocycles. The van der Waals surface area contributed by atoms with E-state index in [1.54, 1.807) is 17.9 Å². The zero-order chi connectivity index (χ0) is 20.0. The zero-order valence-corrected chi connectivity index (χ0v) is 15.8. The Labute approximate surface area is 167 Å². The molecule has 1 saturated carbocycles. The van der Waals surface area contributed by atoms with Gasteiger partial charge in [0.05, 0.1) is 19.0 Å². The maximum Gasteiger partial charge on any atom is 0.433 e. The Bertz CT molecular complexity index is 1000. The summed E-state index contributed by atoms with van der Waals surface area (Å²) in [5.74, 6) is 2.00. The van der Waals surface area contributed by atoms with E-state index in [1.165, 1.54) is 23.5 Å². The highest BCUT2D eigenvalue weighted by atomic mass is 32.1. The molecule has 3 atom stereocenters. The lowest BCUT2D eigenvalue weighted by Gasteiger charge is -2.20. The maximum atomic E-state index is 12.7. The number of halogens is 3. The molecule has 29 heavy (non-hydrogen) atoms. The van der Waals surface area contributed by atoms with Crippen LogP contribution >= 0.6 is 11.3 Å². The first kappa shape index (κ1) is 18.2. The predicted molar refractivity (Wildman–Crippen MR) is 98.4 cm³/mol. The summed E-state index contributed by atoms with van der Waals surface area (Å²) in [6.45, 7) is 2.01. The molecule has 0 spiro atoms. The van der Waals surface area contributed by atoms with E-state index in [0.717, 1.165) is 30.0 Å². The number of anilines is 1. The highest BCUT2D eigenvalue weighted by Gasteiger charge is 2.56. The Morgan fingerprint density at radius 3 is 2.69 bits per heavy atom. The summed E-state index contributed by atoms with van der Waals surface area (Å²) in [7, 11) is 0. The third kappa shape index (κ3) is 3.61. The number of pyridine rings is 1. The van der Waals surface area contributed by atoms with Gasteiger partial charge in [-0.1, -0.05) is 17.4 Å². The zero-order valence-electron chi connectivity index (χ0n) is 15.0. The minimum Gasteiger partial charge on any atom is -0.477 e. The second-order valence-corrected chi connectivity index (χ2v) is 7.91. The van der Waals surface area contributed by atoms with E-state index in [2.05, 4.69) is 30.0 Å². The first-order valence-electron chi connectivity index (χ1n) is 8.99. The molecule has 1 aliphatic carbocycles. The van der Waals surface area contributed by atoms with Crippen molar-refractivity contribution in [3.63, 3.8) is 0 Å². The number of ether oxygens (including phenoxy) is 1. The van der Waals surface area contributed by atoms with Crippen molar-refractivity contribution in [1.82, 2.24) is 25.1 Å². The molecule has 150 valence electrons. The van der Waals surface area contributed by atoms with Crippen LogP contribution in [-0.2, 0) is 6.18 Å². The van der Waals surface area contributed by atoms with E-state index in [1.807, 2.05) is 0 Å². The normalized spacial score (nSPS) is 23.1. The molecule has 2 aliphatic rings. The van der Waals surface area contributed by atoms with Crippen molar-refractivity contribution in [3.8, 4) is 16.6 Å². The number of alkyl halides is 3. The van der Waals surface area contributed by atoms with Gasteiger partial charge >= 0.3 is 6.18 Å². The van der Waals surface area contributed by atoms with Gasteiger partial charge in [0.15, 0.2) is 5.01 Å². The summed E-state index contributed by atoms with van der Waals surface area (Å²) >= 11 is 1.41. The van der Waals surface area contributed by atoms with Crippen molar-refractivity contribution in [3.05, 3.63) is 41.8 Å². The minimum atomic E-state index is -4.47. The van der Waals surface area contributed by atoms with Crippen LogP contribution in [0.4, 0.5) is 19.0 Å². The average Bonchev–Trinajstić information content (AvgIpc) is 3.14. The number of hydrogen-bond donors (Lipinski definition) is 0. The van der Waals surface area contributed by atoms with Crippen LogP contribution in [0, 0.1) is 17.8 Å². The van der Waals surface area contributed by atoms with Crippen molar-refractivity contribution in [1.29, 1.82) is 0 Å². The molecule has 7 nitrogen and oxygen atoms in total. The van der Waals surface area contributed by atoms with Crippen LogP contribution in [0.15, 0.2) is 36.1 Å². The molecule has 4 heterocycles. The van der Waals surface area contributed by atoms with Crippen molar-refractivity contribution >= 4 is 17.2 Å². The van der Waals surface area contributed by atoms with Gasteiger partial charge < -0.3 is 9.64 Å². The predicted octanol–water partition coefficient (Wildman–Crippen LogP) is 3.17. The van der Waals surface area contributed by atoms with Crippen LogP contribution in [-0.4, -0.2) is 44.8 Å².